The molecular weight excluding hydrogens is 148 g/mol. The van der Waals surface area contributed by atoms with Crippen molar-refractivity contribution in [2.75, 3.05) is 0 Å². The lowest BCUT2D eigenvalue weighted by atomic mass is 9.85. The lowest BCUT2D eigenvalue weighted by Gasteiger charge is -2.18. The fourth-order valence-corrected chi connectivity index (χ4v) is 1.38. The van der Waals surface area contributed by atoms with Gasteiger partial charge in [-0.15, -0.1) is 0 Å². The molecule has 1 rings (SSSR count). The highest BCUT2D eigenvalue weighted by Gasteiger charge is 2.17. The van der Waals surface area contributed by atoms with Gasteiger partial charge in [0.15, 0.2) is 0 Å². The van der Waals surface area contributed by atoms with Crippen molar-refractivity contribution in [3.63, 3.8) is 0 Å². The molecule has 60 valence electrons. The Labute approximate surface area is 72.4 Å². The summed E-state index contributed by atoms with van der Waals surface area (Å²) in [7, 11) is 0. The van der Waals surface area contributed by atoms with Crippen LogP contribution in [0.2, 0.25) is 0 Å². The van der Waals surface area contributed by atoms with Crippen molar-refractivity contribution in [3.05, 3.63) is 24.3 Å². The van der Waals surface area contributed by atoms with E-state index in [1.165, 1.54) is 6.08 Å². The van der Waals surface area contributed by atoms with E-state index in [-0.39, 0.29) is 11.8 Å². The van der Waals surface area contributed by atoms with E-state index in [0.29, 0.717) is 0 Å². The van der Waals surface area contributed by atoms with Crippen LogP contribution in [0.25, 0.3) is 0 Å². The molecule has 0 heterocycles. The fourth-order valence-electron chi connectivity index (χ4n) is 1.38. The summed E-state index contributed by atoms with van der Waals surface area (Å²) in [6.07, 6.45) is 9.25. The zero-order valence-electron chi connectivity index (χ0n) is 6.77. The Morgan fingerprint density at radius 1 is 1.42 bits per heavy atom. The molecule has 0 amide bonds. The third kappa shape index (κ3) is 1.97. The molecule has 0 bridgehead atoms. The van der Waals surface area contributed by atoms with Gasteiger partial charge in [-0.1, -0.05) is 18.2 Å². The van der Waals surface area contributed by atoms with Crippen molar-refractivity contribution >= 4 is 0 Å². The average molecular weight is 158 g/mol. The molecule has 2 atom stereocenters. The van der Waals surface area contributed by atoms with Gasteiger partial charge in [-0.25, -0.2) is 0 Å². The van der Waals surface area contributed by atoms with Gasteiger partial charge in [-0.3, -0.25) is 0 Å². The summed E-state index contributed by atoms with van der Waals surface area (Å²) in [6, 6.07) is 4.16. The number of hydrogen-bond acceptors (Lipinski definition) is 2. The lowest BCUT2D eigenvalue weighted by molar-refractivity contribution is 0.504. The summed E-state index contributed by atoms with van der Waals surface area (Å²) in [5.41, 5.74) is 0. The normalized spacial score (nSPS) is 28.2. The predicted octanol–water partition coefficient (Wildman–Crippen LogP) is 2.17. The molecule has 0 saturated carbocycles. The molecular formula is C10H10N2. The molecule has 2 unspecified atom stereocenters. The SMILES string of the molecule is N#C/C=C/C1CCC=CC1C#N. The Kier molecular flexibility index (Phi) is 3.11. The Balaban J connectivity index is 2.65. The van der Waals surface area contributed by atoms with Crippen LogP contribution in [0, 0.1) is 34.5 Å². The van der Waals surface area contributed by atoms with E-state index in [4.69, 9.17) is 10.5 Å². The maximum atomic E-state index is 8.74. The fraction of sp³-hybridized carbons (Fsp3) is 0.400. The minimum absolute atomic E-state index is 0.0386. The van der Waals surface area contributed by atoms with E-state index in [1.807, 2.05) is 24.3 Å². The highest BCUT2D eigenvalue weighted by Crippen LogP contribution is 2.24. The van der Waals surface area contributed by atoms with Crippen LogP contribution in [-0.4, -0.2) is 0 Å². The summed E-state index contributed by atoms with van der Waals surface area (Å²) < 4.78 is 0. The van der Waals surface area contributed by atoms with E-state index in [2.05, 4.69) is 6.07 Å². The molecule has 0 aliphatic heterocycles. The van der Waals surface area contributed by atoms with Gasteiger partial charge in [0.05, 0.1) is 18.1 Å². The van der Waals surface area contributed by atoms with Crippen molar-refractivity contribution in [2.45, 2.75) is 12.8 Å². The van der Waals surface area contributed by atoms with Gasteiger partial charge in [0.1, 0.15) is 0 Å². The van der Waals surface area contributed by atoms with Gasteiger partial charge >= 0.3 is 0 Å². The number of rotatable bonds is 1. The molecule has 0 N–H and O–H groups in total. The molecule has 0 saturated heterocycles. The van der Waals surface area contributed by atoms with Crippen LogP contribution in [0.4, 0.5) is 0 Å². The van der Waals surface area contributed by atoms with Crippen LogP contribution in [0.5, 0.6) is 0 Å². The van der Waals surface area contributed by atoms with Crippen LogP contribution < -0.4 is 0 Å². The van der Waals surface area contributed by atoms with Crippen LogP contribution >= 0.6 is 0 Å². The second kappa shape index (κ2) is 4.36. The largest absolute Gasteiger partial charge is 0.198 e. The van der Waals surface area contributed by atoms with Gasteiger partial charge in [0.2, 0.25) is 0 Å². The maximum absolute atomic E-state index is 8.74. The predicted molar refractivity (Wildman–Crippen MR) is 45.7 cm³/mol. The van der Waals surface area contributed by atoms with Crippen molar-refractivity contribution in [1.82, 2.24) is 0 Å². The van der Waals surface area contributed by atoms with Gasteiger partial charge in [0, 0.05) is 6.08 Å². The van der Waals surface area contributed by atoms with E-state index >= 15 is 0 Å². The minimum Gasteiger partial charge on any atom is -0.198 e. The van der Waals surface area contributed by atoms with Crippen LogP contribution in [0.1, 0.15) is 12.8 Å². The molecule has 2 nitrogen and oxygen atoms in total. The van der Waals surface area contributed by atoms with Gasteiger partial charge in [-0.2, -0.15) is 10.5 Å². The van der Waals surface area contributed by atoms with Crippen molar-refractivity contribution in [1.29, 1.82) is 10.5 Å². The first-order valence-electron chi connectivity index (χ1n) is 4.01. The third-order valence-electron chi connectivity index (χ3n) is 2.04. The van der Waals surface area contributed by atoms with E-state index < -0.39 is 0 Å². The second-order valence-corrected chi connectivity index (χ2v) is 2.81. The summed E-state index contributed by atoms with van der Waals surface area (Å²) in [6.45, 7) is 0. The number of nitrogens with zero attached hydrogens (tertiary/aromatic N) is 2. The molecule has 12 heavy (non-hydrogen) atoms. The zero-order valence-corrected chi connectivity index (χ0v) is 6.77. The van der Waals surface area contributed by atoms with E-state index in [9.17, 15) is 0 Å². The van der Waals surface area contributed by atoms with Crippen LogP contribution in [-0.2, 0) is 0 Å². The third-order valence-corrected chi connectivity index (χ3v) is 2.04. The monoisotopic (exact) mass is 158 g/mol. The molecule has 0 fully saturated rings. The summed E-state index contributed by atoms with van der Waals surface area (Å²) >= 11 is 0. The summed E-state index contributed by atoms with van der Waals surface area (Å²) in [5.74, 6) is 0.197. The van der Waals surface area contributed by atoms with Gasteiger partial charge in [-0.05, 0) is 18.8 Å². The smallest absolute Gasteiger partial charge is 0.0908 e. The van der Waals surface area contributed by atoms with Gasteiger partial charge in [0.25, 0.3) is 0 Å². The lowest BCUT2D eigenvalue weighted by Crippen LogP contribution is -2.11. The standard InChI is InChI=1S/C10H10N2/c11-7-3-6-9-4-1-2-5-10(9)8-12/h2-3,5-6,9-10H,1,4H2/b6-3+. The first-order valence-corrected chi connectivity index (χ1v) is 4.01. The van der Waals surface area contributed by atoms with Crippen molar-refractivity contribution in [3.8, 4) is 12.1 Å². The van der Waals surface area contributed by atoms with Crippen molar-refractivity contribution < 1.29 is 0 Å². The zero-order chi connectivity index (χ0) is 8.81. The Morgan fingerprint density at radius 2 is 2.25 bits per heavy atom. The molecule has 1 aliphatic rings. The van der Waals surface area contributed by atoms with Crippen LogP contribution in [0.3, 0.4) is 0 Å². The summed E-state index contributed by atoms with van der Waals surface area (Å²) in [5, 5.41) is 17.1. The molecule has 0 aromatic rings. The molecule has 1 aliphatic carbocycles. The molecule has 0 aromatic carbocycles. The maximum Gasteiger partial charge on any atom is 0.0908 e. The first-order chi connectivity index (χ1) is 5.88. The average Bonchev–Trinajstić information content (AvgIpc) is 2.15. The number of allylic oxidation sites excluding steroid dienone is 4. The molecule has 0 aromatic heterocycles. The number of nitriles is 2. The molecule has 2 heteroatoms. The summed E-state index contributed by atoms with van der Waals surface area (Å²) in [4.78, 5) is 0. The van der Waals surface area contributed by atoms with E-state index in [1.54, 1.807) is 0 Å². The van der Waals surface area contributed by atoms with Gasteiger partial charge < -0.3 is 0 Å². The Hall–Kier alpha value is -1.54. The quantitative estimate of drug-likeness (QED) is 0.433. The highest BCUT2D eigenvalue weighted by atomic mass is 14.3. The second-order valence-electron chi connectivity index (χ2n) is 2.81. The van der Waals surface area contributed by atoms with Crippen molar-refractivity contribution in [2.24, 2.45) is 11.8 Å². The number of hydrogen-bond donors (Lipinski definition) is 0. The Bertz CT molecular complexity index is 275. The highest BCUT2D eigenvalue weighted by molar-refractivity contribution is 5.14. The Morgan fingerprint density at radius 3 is 2.92 bits per heavy atom. The topological polar surface area (TPSA) is 47.6 Å². The molecule has 0 spiro atoms. The van der Waals surface area contributed by atoms with E-state index in [0.717, 1.165) is 12.8 Å². The minimum atomic E-state index is -0.0386. The molecule has 0 radical (unpaired) electrons. The van der Waals surface area contributed by atoms with Crippen LogP contribution in [0.15, 0.2) is 24.3 Å². The first kappa shape index (κ1) is 8.56.